The molecule has 342 valence electrons. The van der Waals surface area contributed by atoms with E-state index < -0.39 is 41.6 Å². The van der Waals surface area contributed by atoms with Crippen LogP contribution in [0.1, 0.15) is 66.1 Å². The van der Waals surface area contributed by atoms with Crippen molar-refractivity contribution in [2.45, 2.75) is 63.4 Å². The summed E-state index contributed by atoms with van der Waals surface area (Å²) in [6.07, 6.45) is 1.86. The molecule has 5 heterocycles. The van der Waals surface area contributed by atoms with Crippen molar-refractivity contribution < 1.29 is 50.6 Å². The summed E-state index contributed by atoms with van der Waals surface area (Å²) >= 11 is 0. The molecule has 2 saturated heterocycles. The first-order chi connectivity index (χ1) is 31.1. The van der Waals surface area contributed by atoms with Crippen molar-refractivity contribution in [2.75, 3.05) is 57.6 Å². The van der Waals surface area contributed by atoms with Gasteiger partial charge >= 0.3 is 6.36 Å². The van der Waals surface area contributed by atoms with E-state index in [2.05, 4.69) is 20.7 Å². The lowest BCUT2D eigenvalue weighted by molar-refractivity contribution is -0.274. The maximum atomic E-state index is 16.7. The van der Waals surface area contributed by atoms with Crippen LogP contribution in [0.25, 0.3) is 27.6 Å². The number of nitrogens with one attached hydrogen (secondary N) is 3. The molecule has 0 radical (unpaired) electrons. The first kappa shape index (κ1) is 44.7. The van der Waals surface area contributed by atoms with Crippen molar-refractivity contribution in [1.82, 2.24) is 29.9 Å². The number of ether oxygens (including phenoxy) is 2. The molecule has 0 saturated carbocycles. The maximum absolute atomic E-state index is 16.7. The number of H-pyrrole nitrogens is 1. The highest BCUT2D eigenvalue weighted by atomic mass is 19.4. The van der Waals surface area contributed by atoms with Crippen LogP contribution in [-0.2, 0) is 20.9 Å². The minimum Gasteiger partial charge on any atom is -0.495 e. The zero-order valence-corrected chi connectivity index (χ0v) is 35.9. The lowest BCUT2D eigenvalue weighted by atomic mass is 9.87. The summed E-state index contributed by atoms with van der Waals surface area (Å²) in [6, 6.07) is 11.1. The predicted octanol–water partition coefficient (Wildman–Crippen LogP) is 7.23. The second-order valence-electron chi connectivity index (χ2n) is 16.5. The Morgan fingerprint density at radius 3 is 2.45 bits per heavy atom. The van der Waals surface area contributed by atoms with Gasteiger partial charge in [0.1, 0.15) is 29.1 Å². The second kappa shape index (κ2) is 18.3. The van der Waals surface area contributed by atoms with E-state index in [0.717, 1.165) is 0 Å². The monoisotopic (exact) mass is 902 g/mol. The van der Waals surface area contributed by atoms with Gasteiger partial charge in [-0.05, 0) is 72.6 Å². The van der Waals surface area contributed by atoms with Gasteiger partial charge in [0, 0.05) is 101 Å². The van der Waals surface area contributed by atoms with Gasteiger partial charge in [0.05, 0.1) is 24.0 Å². The molecule has 5 aromatic rings. The third-order valence-electron chi connectivity index (χ3n) is 12.1. The topological polar surface area (TPSA) is 154 Å². The normalized spacial score (nSPS) is 17.2. The van der Waals surface area contributed by atoms with Gasteiger partial charge in [-0.25, -0.2) is 8.78 Å². The number of rotatable bonds is 12. The third kappa shape index (κ3) is 9.63. The highest BCUT2D eigenvalue weighted by molar-refractivity contribution is 6.05. The van der Waals surface area contributed by atoms with E-state index in [1.807, 2.05) is 4.90 Å². The maximum Gasteiger partial charge on any atom is 0.573 e. The number of aromatic amines is 1. The molecule has 0 unspecified atom stereocenters. The molecule has 8 rings (SSSR count). The third-order valence-corrected chi connectivity index (χ3v) is 12.1. The minimum atomic E-state index is -5.11. The molecule has 4 amide bonds. The molecule has 3 aliphatic rings. The van der Waals surface area contributed by atoms with Gasteiger partial charge in [-0.1, -0.05) is 18.2 Å². The van der Waals surface area contributed by atoms with E-state index in [-0.39, 0.29) is 94.0 Å². The Hall–Kier alpha value is -6.92. The summed E-state index contributed by atoms with van der Waals surface area (Å²) in [6.45, 7) is 1.48. The van der Waals surface area contributed by atoms with Crippen molar-refractivity contribution in [3.63, 3.8) is 0 Å². The molecule has 1 atom stereocenters. The van der Waals surface area contributed by atoms with E-state index in [1.54, 1.807) is 40.2 Å². The fourth-order valence-corrected chi connectivity index (χ4v) is 8.79. The van der Waals surface area contributed by atoms with Crippen LogP contribution in [0.3, 0.4) is 0 Å². The Morgan fingerprint density at radius 2 is 1.75 bits per heavy atom. The van der Waals surface area contributed by atoms with Gasteiger partial charge in [0.15, 0.2) is 5.82 Å². The minimum absolute atomic E-state index is 0.00125. The van der Waals surface area contributed by atoms with Crippen LogP contribution in [0, 0.1) is 11.6 Å². The Balaban J connectivity index is 1.08. The first-order valence-electron chi connectivity index (χ1n) is 21.2. The highest BCUT2D eigenvalue weighted by Crippen LogP contribution is 2.44. The molecule has 2 fully saturated rings. The van der Waals surface area contributed by atoms with Crippen LogP contribution < -0.4 is 25.0 Å². The number of imide groups is 1. The highest BCUT2D eigenvalue weighted by Gasteiger charge is 2.35. The zero-order valence-electron chi connectivity index (χ0n) is 35.9. The number of piperidine rings is 2. The van der Waals surface area contributed by atoms with Crippen LogP contribution in [-0.4, -0.2) is 108 Å². The molecular formula is C46H47F5N8O6. The lowest BCUT2D eigenvalue weighted by Gasteiger charge is -2.34. The molecule has 0 spiro atoms. The summed E-state index contributed by atoms with van der Waals surface area (Å²) in [5.41, 5.74) is 1.65. The summed E-state index contributed by atoms with van der Waals surface area (Å²) in [5.74, 6) is -3.36. The quantitative estimate of drug-likeness (QED) is 0.0870. The van der Waals surface area contributed by atoms with Crippen LogP contribution in [0.15, 0.2) is 67.0 Å². The number of alkyl halides is 3. The summed E-state index contributed by atoms with van der Waals surface area (Å²) < 4.78 is 87.2. The van der Waals surface area contributed by atoms with E-state index in [9.17, 15) is 32.3 Å². The largest absolute Gasteiger partial charge is 0.573 e. The van der Waals surface area contributed by atoms with Gasteiger partial charge in [-0.15, -0.1) is 13.2 Å². The molecule has 2 aromatic heterocycles. The number of nitrogens with zero attached hydrogens (tertiary/aromatic N) is 5. The van der Waals surface area contributed by atoms with Gasteiger partial charge in [0.2, 0.25) is 17.7 Å². The number of aryl methyl sites for hydroxylation is 1. The molecular weight excluding hydrogens is 856 g/mol. The second-order valence-corrected chi connectivity index (χ2v) is 16.5. The van der Waals surface area contributed by atoms with Crippen molar-refractivity contribution in [2.24, 2.45) is 0 Å². The molecule has 14 nitrogen and oxygen atoms in total. The number of halogens is 5. The van der Waals surface area contributed by atoms with E-state index in [4.69, 9.17) is 9.47 Å². The molecule has 65 heavy (non-hydrogen) atoms. The van der Waals surface area contributed by atoms with Gasteiger partial charge in [-0.2, -0.15) is 5.10 Å². The number of amides is 4. The van der Waals surface area contributed by atoms with Crippen LogP contribution >= 0.6 is 0 Å². The Kier molecular flexibility index (Phi) is 12.6. The molecule has 3 N–H and O–H groups in total. The van der Waals surface area contributed by atoms with Gasteiger partial charge < -0.3 is 34.5 Å². The van der Waals surface area contributed by atoms with Gasteiger partial charge in [-0.3, -0.25) is 29.2 Å². The number of methoxy groups -OCH3 is 1. The van der Waals surface area contributed by atoms with Crippen molar-refractivity contribution >= 4 is 51.5 Å². The molecule has 19 heteroatoms. The number of fused-ring (bicyclic) bond motifs is 1. The average molecular weight is 903 g/mol. The van der Waals surface area contributed by atoms with Crippen molar-refractivity contribution in [3.8, 4) is 22.6 Å². The predicted molar refractivity (Wildman–Crippen MR) is 231 cm³/mol. The Bertz CT molecular complexity index is 2670. The number of carbonyl (C=O) groups is 4. The summed E-state index contributed by atoms with van der Waals surface area (Å²) in [5, 5.41) is 9.53. The van der Waals surface area contributed by atoms with Crippen molar-refractivity contribution in [3.05, 3.63) is 95.5 Å². The number of hydrogen-bond acceptors (Lipinski definition) is 9. The number of anilines is 2. The standard InChI is InChI=1S/C46H47F5N8O6/c1-56(2)45(63)36-22-32-31(21-30(42(48)43(32)54-36)28-6-4-15-58(25-28)41(61)13-19-59-16-5-14-52-59)29-8-7-27(20-38(29)65-46(49,50)51)26-11-17-57(18-12-26)37-24-39(64-3)35(23-33(37)47)53-34-9-10-40(60)55-44(34)62/h5-8,14,16,20-24,26,34,53-54H,4,9-13,15,17-19,25H2,1-3H3,(H,55,60,62)/t34-/m1/s1. The molecule has 3 aliphatic heterocycles. The van der Waals surface area contributed by atoms with Crippen LogP contribution in [0.5, 0.6) is 11.5 Å². The Labute approximate surface area is 370 Å². The van der Waals surface area contributed by atoms with Crippen LogP contribution in [0.2, 0.25) is 0 Å². The van der Waals surface area contributed by atoms with E-state index >= 15 is 8.78 Å². The fraction of sp³-hybridized carbons (Fsp3) is 0.370. The summed E-state index contributed by atoms with van der Waals surface area (Å²) in [7, 11) is 4.45. The van der Waals surface area contributed by atoms with Crippen LogP contribution in [0.4, 0.5) is 33.3 Å². The van der Waals surface area contributed by atoms with Gasteiger partial charge in [0.25, 0.3) is 5.91 Å². The molecule has 3 aromatic carbocycles. The zero-order chi connectivity index (χ0) is 46.2. The average Bonchev–Trinajstić information content (AvgIpc) is 3.98. The number of hydrogen-bond donors (Lipinski definition) is 3. The van der Waals surface area contributed by atoms with Crippen molar-refractivity contribution in [1.29, 1.82) is 0 Å². The smallest absolute Gasteiger partial charge is 0.495 e. The fourth-order valence-electron chi connectivity index (χ4n) is 8.79. The van der Waals surface area contributed by atoms with E-state index in [0.29, 0.717) is 56.6 Å². The Morgan fingerprint density at radius 1 is 0.969 bits per heavy atom. The summed E-state index contributed by atoms with van der Waals surface area (Å²) in [4.78, 5) is 58.0. The lowest BCUT2D eigenvalue weighted by Crippen LogP contribution is -2.47. The molecule has 0 aliphatic carbocycles. The number of benzene rings is 3. The number of carbonyl (C=O) groups excluding carboxylic acids is 4. The molecule has 0 bridgehead atoms. The first-order valence-corrected chi connectivity index (χ1v) is 21.2. The number of aromatic nitrogens is 3. The van der Waals surface area contributed by atoms with E-state index in [1.165, 1.54) is 62.5 Å². The SMILES string of the molecule is COc1cc(N2CCC(c3ccc(-c4cc(C5=CCCN(C(=O)CCn6cccn6)C5)c(F)c5[nH]c(C(=O)N(C)C)cc45)c(OC(F)(F)F)c3)CC2)c(F)cc1N[C@@H]1CCC(=O)NC1=O.